The summed E-state index contributed by atoms with van der Waals surface area (Å²) in [4.78, 5) is 0. The zero-order valence-electron chi connectivity index (χ0n) is 15.9. The summed E-state index contributed by atoms with van der Waals surface area (Å²) >= 11 is 0. The monoisotopic (exact) mass is 336 g/mol. The molecule has 0 unspecified atom stereocenters. The summed E-state index contributed by atoms with van der Waals surface area (Å²) < 4.78 is 0. The van der Waals surface area contributed by atoms with E-state index in [9.17, 15) is 0 Å². The molecular weight excluding hydrogens is 312 g/mol. The molecule has 0 aliphatic rings. The summed E-state index contributed by atoms with van der Waals surface area (Å²) in [5.74, 6) is 0. The molecule has 0 amide bonds. The van der Waals surface area contributed by atoms with E-state index >= 15 is 0 Å². The predicted molar refractivity (Wildman–Crippen MR) is 116 cm³/mol. The Labute approximate surface area is 155 Å². The Kier molecular flexibility index (Phi) is 4.12. The second-order valence-corrected chi connectivity index (χ2v) is 7.46. The minimum absolute atomic E-state index is 1.33. The average Bonchev–Trinajstić information content (AvgIpc) is 2.62. The molecule has 0 heterocycles. The molecule has 0 heteroatoms. The number of rotatable bonds is 0. The Morgan fingerprint density at radius 2 is 0.615 bits per heavy atom. The van der Waals surface area contributed by atoms with Crippen LogP contribution in [0, 0.1) is 27.7 Å². The van der Waals surface area contributed by atoms with Crippen molar-refractivity contribution in [1.82, 2.24) is 0 Å². The fourth-order valence-corrected chi connectivity index (χ4v) is 3.79. The standard InChI is InChI=1S/C18H14.C8H10/c1-11-7-13-3-5-15-9-12(2)10-16-6-4-14(8-11)17(13)18(15)16;1-7-3-5-8(2)6-4-7/h3-10H,1-2H3;3-6H,1-2H3. The maximum atomic E-state index is 2.28. The van der Waals surface area contributed by atoms with Crippen LogP contribution >= 0.6 is 0 Å². The smallest absolute Gasteiger partial charge is 0.00266 e. The molecule has 0 aliphatic heterocycles. The van der Waals surface area contributed by atoms with Crippen LogP contribution in [0.2, 0.25) is 0 Å². The molecule has 0 saturated heterocycles. The fourth-order valence-electron chi connectivity index (χ4n) is 3.79. The number of aryl methyl sites for hydroxylation is 4. The fraction of sp³-hybridized carbons (Fsp3) is 0.154. The number of benzene rings is 5. The highest BCUT2D eigenvalue weighted by atomic mass is 14.1. The molecular formula is C26H24. The van der Waals surface area contributed by atoms with Gasteiger partial charge in [0, 0.05) is 0 Å². The van der Waals surface area contributed by atoms with Crippen LogP contribution in [0.5, 0.6) is 0 Å². The molecule has 0 saturated carbocycles. The van der Waals surface area contributed by atoms with Gasteiger partial charge >= 0.3 is 0 Å². The van der Waals surface area contributed by atoms with Crippen molar-refractivity contribution in [1.29, 1.82) is 0 Å². The largest absolute Gasteiger partial charge is 0.0591 e. The van der Waals surface area contributed by atoms with E-state index in [0.29, 0.717) is 0 Å². The zero-order valence-corrected chi connectivity index (χ0v) is 15.9. The lowest BCUT2D eigenvalue weighted by Crippen LogP contribution is -1.86. The Morgan fingerprint density at radius 1 is 0.346 bits per heavy atom. The van der Waals surface area contributed by atoms with Crippen molar-refractivity contribution in [2.24, 2.45) is 0 Å². The summed E-state index contributed by atoms with van der Waals surface area (Å²) in [5, 5.41) is 8.24. The minimum atomic E-state index is 1.33. The molecule has 0 spiro atoms. The van der Waals surface area contributed by atoms with Crippen LogP contribution in [-0.2, 0) is 0 Å². The maximum absolute atomic E-state index is 2.28. The molecule has 5 aromatic carbocycles. The molecule has 0 N–H and O–H groups in total. The molecule has 0 nitrogen and oxygen atoms in total. The van der Waals surface area contributed by atoms with Crippen molar-refractivity contribution in [3.05, 3.63) is 95.1 Å². The second-order valence-electron chi connectivity index (χ2n) is 7.46. The van der Waals surface area contributed by atoms with Gasteiger partial charge in [-0.05, 0) is 71.1 Å². The van der Waals surface area contributed by atoms with E-state index < -0.39 is 0 Å². The van der Waals surface area contributed by atoms with Crippen molar-refractivity contribution in [3.63, 3.8) is 0 Å². The van der Waals surface area contributed by atoms with Gasteiger partial charge < -0.3 is 0 Å². The molecule has 0 bridgehead atoms. The maximum Gasteiger partial charge on any atom is -0.00266 e. The topological polar surface area (TPSA) is 0 Å². The molecule has 5 aromatic rings. The van der Waals surface area contributed by atoms with Gasteiger partial charge in [-0.1, -0.05) is 83.9 Å². The van der Waals surface area contributed by atoms with Gasteiger partial charge in [-0.2, -0.15) is 0 Å². The van der Waals surface area contributed by atoms with Crippen LogP contribution in [0.3, 0.4) is 0 Å². The van der Waals surface area contributed by atoms with Gasteiger partial charge in [0.2, 0.25) is 0 Å². The van der Waals surface area contributed by atoms with E-state index in [4.69, 9.17) is 0 Å². The summed E-state index contributed by atoms with van der Waals surface area (Å²) in [6, 6.07) is 26.6. The summed E-state index contributed by atoms with van der Waals surface area (Å²) in [7, 11) is 0. The van der Waals surface area contributed by atoms with Gasteiger partial charge in [-0.15, -0.1) is 0 Å². The molecule has 0 fully saturated rings. The highest BCUT2D eigenvalue weighted by Gasteiger charge is 2.08. The molecule has 128 valence electrons. The van der Waals surface area contributed by atoms with Gasteiger partial charge in [-0.3, -0.25) is 0 Å². The minimum Gasteiger partial charge on any atom is -0.0591 e. The summed E-state index contributed by atoms with van der Waals surface area (Å²) in [6.45, 7) is 8.52. The van der Waals surface area contributed by atoms with Crippen molar-refractivity contribution in [2.45, 2.75) is 27.7 Å². The Balaban J connectivity index is 0.000000178. The third-order valence-electron chi connectivity index (χ3n) is 5.04. The van der Waals surface area contributed by atoms with E-state index in [2.05, 4.69) is 100 Å². The number of hydrogen-bond acceptors (Lipinski definition) is 0. The van der Waals surface area contributed by atoms with Crippen LogP contribution < -0.4 is 0 Å². The predicted octanol–water partition coefficient (Wildman–Crippen LogP) is 7.50. The molecule has 5 rings (SSSR count). The van der Waals surface area contributed by atoms with Gasteiger partial charge in [0.15, 0.2) is 0 Å². The zero-order chi connectivity index (χ0) is 18.3. The summed E-state index contributed by atoms with van der Waals surface area (Å²) in [6.07, 6.45) is 0. The molecule has 0 atom stereocenters. The average molecular weight is 336 g/mol. The lowest BCUT2D eigenvalue weighted by atomic mass is 9.92. The van der Waals surface area contributed by atoms with Gasteiger partial charge in [0.05, 0.1) is 0 Å². The number of hydrogen-bond donors (Lipinski definition) is 0. The van der Waals surface area contributed by atoms with Crippen LogP contribution in [0.1, 0.15) is 22.3 Å². The highest BCUT2D eigenvalue weighted by molar-refractivity contribution is 6.23. The van der Waals surface area contributed by atoms with Gasteiger partial charge in [-0.25, -0.2) is 0 Å². The normalized spacial score (nSPS) is 11.1. The van der Waals surface area contributed by atoms with Crippen molar-refractivity contribution in [3.8, 4) is 0 Å². The first-order valence-electron chi connectivity index (χ1n) is 9.20. The first kappa shape index (κ1) is 16.6. The van der Waals surface area contributed by atoms with E-state index in [-0.39, 0.29) is 0 Å². The summed E-state index contributed by atoms with van der Waals surface area (Å²) in [5.41, 5.74) is 5.32. The lowest BCUT2D eigenvalue weighted by molar-refractivity contribution is 1.40. The van der Waals surface area contributed by atoms with E-state index in [1.54, 1.807) is 0 Å². The lowest BCUT2D eigenvalue weighted by Gasteiger charge is -2.12. The molecule has 0 aliphatic carbocycles. The Hall–Kier alpha value is -2.86. The van der Waals surface area contributed by atoms with E-state index in [1.807, 2.05) is 0 Å². The van der Waals surface area contributed by atoms with Crippen molar-refractivity contribution in [2.75, 3.05) is 0 Å². The SMILES string of the molecule is Cc1cc2ccc3cc(C)cc4ccc(c1)c2c34.Cc1ccc(C)cc1. The highest BCUT2D eigenvalue weighted by Crippen LogP contribution is 2.35. The van der Waals surface area contributed by atoms with Crippen molar-refractivity contribution < 1.29 is 0 Å². The third kappa shape index (κ3) is 3.04. The Bertz CT molecular complexity index is 1030. The molecule has 0 aromatic heterocycles. The van der Waals surface area contributed by atoms with E-state index in [0.717, 1.165) is 0 Å². The molecule has 0 radical (unpaired) electrons. The van der Waals surface area contributed by atoms with Crippen LogP contribution in [-0.4, -0.2) is 0 Å². The quantitative estimate of drug-likeness (QED) is 0.257. The first-order chi connectivity index (χ1) is 12.5. The van der Waals surface area contributed by atoms with Crippen LogP contribution in [0.25, 0.3) is 32.3 Å². The van der Waals surface area contributed by atoms with Gasteiger partial charge in [0.1, 0.15) is 0 Å². The Morgan fingerprint density at radius 3 is 0.885 bits per heavy atom. The third-order valence-corrected chi connectivity index (χ3v) is 5.04. The van der Waals surface area contributed by atoms with Gasteiger partial charge in [0.25, 0.3) is 0 Å². The second kappa shape index (κ2) is 6.46. The van der Waals surface area contributed by atoms with E-state index in [1.165, 1.54) is 54.6 Å². The molecule has 26 heavy (non-hydrogen) atoms. The van der Waals surface area contributed by atoms with Crippen molar-refractivity contribution >= 4 is 32.3 Å². The van der Waals surface area contributed by atoms with Crippen LogP contribution in [0.4, 0.5) is 0 Å². The first-order valence-corrected chi connectivity index (χ1v) is 9.20. The van der Waals surface area contributed by atoms with Crippen LogP contribution in [0.15, 0.2) is 72.8 Å².